The van der Waals surface area contributed by atoms with Gasteiger partial charge in [-0.15, -0.1) is 0 Å². The van der Waals surface area contributed by atoms with Crippen molar-refractivity contribution in [3.63, 3.8) is 0 Å². The maximum atomic E-state index is 12.7. The van der Waals surface area contributed by atoms with Crippen molar-refractivity contribution in [2.24, 2.45) is 5.92 Å². The van der Waals surface area contributed by atoms with E-state index in [4.69, 9.17) is 4.42 Å². The number of rotatable bonds is 6. The molecular weight excluding hydrogens is 388 g/mol. The Labute approximate surface area is 160 Å². The first-order valence-corrected chi connectivity index (χ1v) is 9.83. The fourth-order valence-electron chi connectivity index (χ4n) is 2.84. The molecule has 0 aliphatic rings. The number of nitrogens with zero attached hydrogens (tertiary/aromatic N) is 1. The number of hydrogen-bond donors (Lipinski definition) is 1. The van der Waals surface area contributed by atoms with E-state index in [-0.39, 0.29) is 22.1 Å². The Kier molecular flexibility index (Phi) is 5.09. The molecule has 0 bridgehead atoms. The maximum Gasteiger partial charge on any atom is 0.324 e. The molecule has 3 rings (SSSR count). The quantitative estimate of drug-likeness (QED) is 0.378. The third-order valence-electron chi connectivity index (χ3n) is 4.35. The number of sulfonamides is 1. The fourth-order valence-corrected chi connectivity index (χ4v) is 4.19. The van der Waals surface area contributed by atoms with Crippen molar-refractivity contribution in [2.75, 3.05) is 7.11 Å². The van der Waals surface area contributed by atoms with Gasteiger partial charge in [0.15, 0.2) is 0 Å². The highest BCUT2D eigenvalue weighted by Crippen LogP contribution is 2.32. The number of nitro benzene ring substituents is 1. The zero-order valence-corrected chi connectivity index (χ0v) is 16.1. The van der Waals surface area contributed by atoms with Gasteiger partial charge in [0.2, 0.25) is 10.0 Å². The minimum Gasteiger partial charge on any atom is -0.468 e. The smallest absolute Gasteiger partial charge is 0.324 e. The van der Waals surface area contributed by atoms with Gasteiger partial charge in [0.1, 0.15) is 17.2 Å². The van der Waals surface area contributed by atoms with Crippen LogP contribution < -0.4 is 4.72 Å². The Morgan fingerprint density at radius 2 is 1.86 bits per heavy atom. The molecule has 0 radical (unpaired) electrons. The maximum absolute atomic E-state index is 12.7. The van der Waals surface area contributed by atoms with Gasteiger partial charge in [0.25, 0.3) is 5.69 Å². The summed E-state index contributed by atoms with van der Waals surface area (Å²) in [6, 6.07) is 7.30. The van der Waals surface area contributed by atoms with Crippen LogP contribution in [0.25, 0.3) is 21.9 Å². The van der Waals surface area contributed by atoms with E-state index < -0.39 is 27.0 Å². The molecule has 148 valence electrons. The lowest BCUT2D eigenvalue weighted by Crippen LogP contribution is -2.44. The minimum atomic E-state index is -4.03. The van der Waals surface area contributed by atoms with Crippen LogP contribution in [0.3, 0.4) is 0 Å². The van der Waals surface area contributed by atoms with E-state index in [0.717, 1.165) is 0 Å². The molecule has 1 N–H and O–H groups in total. The Bertz CT molecular complexity index is 1180. The number of esters is 1. The monoisotopic (exact) mass is 406 g/mol. The molecule has 1 atom stereocenters. The molecule has 0 saturated heterocycles. The van der Waals surface area contributed by atoms with Gasteiger partial charge in [-0.3, -0.25) is 14.9 Å². The van der Waals surface area contributed by atoms with Crippen molar-refractivity contribution in [3.05, 3.63) is 46.5 Å². The highest BCUT2D eigenvalue weighted by atomic mass is 32.2. The molecule has 1 aromatic heterocycles. The molecule has 0 fully saturated rings. The number of non-ortho nitro benzene ring substituents is 1. The Morgan fingerprint density at radius 1 is 1.14 bits per heavy atom. The number of benzene rings is 2. The molecule has 9 nitrogen and oxygen atoms in total. The van der Waals surface area contributed by atoms with Crippen LogP contribution in [0.1, 0.15) is 13.8 Å². The van der Waals surface area contributed by atoms with Crippen molar-refractivity contribution < 1.29 is 27.3 Å². The van der Waals surface area contributed by atoms with Gasteiger partial charge in [0.05, 0.1) is 16.9 Å². The van der Waals surface area contributed by atoms with Gasteiger partial charge in [-0.2, -0.15) is 4.72 Å². The molecule has 10 heteroatoms. The van der Waals surface area contributed by atoms with Crippen molar-refractivity contribution in [2.45, 2.75) is 24.8 Å². The van der Waals surface area contributed by atoms with Gasteiger partial charge in [-0.05, 0) is 24.1 Å². The van der Waals surface area contributed by atoms with E-state index in [9.17, 15) is 23.3 Å². The van der Waals surface area contributed by atoms with E-state index in [1.807, 2.05) is 0 Å². The van der Waals surface area contributed by atoms with Crippen LogP contribution in [0.5, 0.6) is 0 Å². The van der Waals surface area contributed by atoms with Crippen LogP contribution >= 0.6 is 0 Å². The summed E-state index contributed by atoms with van der Waals surface area (Å²) in [5, 5.41) is 12.0. The zero-order valence-electron chi connectivity index (χ0n) is 15.3. The number of carbonyl (C=O) groups is 1. The molecule has 0 saturated carbocycles. The van der Waals surface area contributed by atoms with E-state index in [2.05, 4.69) is 9.46 Å². The Balaban J connectivity index is 2.04. The number of fused-ring (bicyclic) bond motifs is 3. The summed E-state index contributed by atoms with van der Waals surface area (Å²) in [5.74, 6) is -1.01. The SMILES string of the molecule is COC(=O)C(NS(=O)(=O)c1ccc2c(c1)oc1ccc([N+](=O)[O-])cc12)C(C)C. The summed E-state index contributed by atoms with van der Waals surface area (Å²) in [5.41, 5.74) is 0.571. The number of furan rings is 1. The van der Waals surface area contributed by atoms with Crippen LogP contribution in [-0.4, -0.2) is 32.5 Å². The molecule has 0 aliphatic heterocycles. The molecule has 2 aromatic carbocycles. The largest absolute Gasteiger partial charge is 0.468 e. The normalized spacial score (nSPS) is 13.1. The van der Waals surface area contributed by atoms with Gasteiger partial charge in [-0.1, -0.05) is 13.8 Å². The van der Waals surface area contributed by atoms with Gasteiger partial charge in [-0.25, -0.2) is 8.42 Å². The third-order valence-corrected chi connectivity index (χ3v) is 5.79. The average molecular weight is 406 g/mol. The first kappa shape index (κ1) is 19.8. The van der Waals surface area contributed by atoms with Crippen molar-refractivity contribution in [1.82, 2.24) is 4.72 Å². The van der Waals surface area contributed by atoms with E-state index >= 15 is 0 Å². The van der Waals surface area contributed by atoms with Gasteiger partial charge >= 0.3 is 5.97 Å². The average Bonchev–Trinajstić information content (AvgIpc) is 3.02. The molecule has 1 heterocycles. The second-order valence-electron chi connectivity index (χ2n) is 6.56. The second kappa shape index (κ2) is 7.21. The predicted octanol–water partition coefficient (Wildman–Crippen LogP) is 2.97. The van der Waals surface area contributed by atoms with Crippen molar-refractivity contribution in [1.29, 1.82) is 0 Å². The summed E-state index contributed by atoms with van der Waals surface area (Å²) in [4.78, 5) is 22.2. The molecule has 0 amide bonds. The minimum absolute atomic E-state index is 0.0913. The van der Waals surface area contributed by atoms with Gasteiger partial charge < -0.3 is 9.15 Å². The number of ether oxygens (including phenoxy) is 1. The summed E-state index contributed by atoms with van der Waals surface area (Å²) in [6.45, 7) is 3.39. The topological polar surface area (TPSA) is 129 Å². The van der Waals surface area contributed by atoms with Crippen LogP contribution in [0.4, 0.5) is 5.69 Å². The summed E-state index contributed by atoms with van der Waals surface area (Å²) >= 11 is 0. The highest BCUT2D eigenvalue weighted by molar-refractivity contribution is 7.89. The summed E-state index contributed by atoms with van der Waals surface area (Å²) < 4.78 is 38.1. The lowest BCUT2D eigenvalue weighted by molar-refractivity contribution is -0.384. The number of carbonyl (C=O) groups excluding carboxylic acids is 1. The lowest BCUT2D eigenvalue weighted by atomic mass is 10.1. The zero-order chi connectivity index (χ0) is 20.6. The molecule has 0 aliphatic carbocycles. The molecular formula is C18H18N2O7S. The number of methoxy groups -OCH3 is 1. The summed E-state index contributed by atoms with van der Waals surface area (Å²) in [6.07, 6.45) is 0. The number of nitro groups is 1. The highest BCUT2D eigenvalue weighted by Gasteiger charge is 2.29. The van der Waals surface area contributed by atoms with E-state index in [1.165, 1.54) is 43.5 Å². The third kappa shape index (κ3) is 3.56. The second-order valence-corrected chi connectivity index (χ2v) is 8.28. The summed E-state index contributed by atoms with van der Waals surface area (Å²) in [7, 11) is -2.84. The first-order valence-electron chi connectivity index (χ1n) is 8.35. The number of nitrogens with one attached hydrogen (secondary N) is 1. The Hall–Kier alpha value is -2.98. The van der Waals surface area contributed by atoms with Gasteiger partial charge in [0, 0.05) is 29.0 Å². The molecule has 0 spiro atoms. The van der Waals surface area contributed by atoms with Crippen LogP contribution in [0.15, 0.2) is 45.7 Å². The predicted molar refractivity (Wildman–Crippen MR) is 101 cm³/mol. The molecule has 28 heavy (non-hydrogen) atoms. The standard InChI is InChI=1S/C18H18N2O7S/c1-10(2)17(18(21)26-3)19-28(24,25)12-5-6-13-14-8-11(20(22)23)4-7-15(14)27-16(13)9-12/h4-10,17,19H,1-3H3. The Morgan fingerprint density at radius 3 is 2.46 bits per heavy atom. The van der Waals surface area contributed by atoms with Crippen LogP contribution in [-0.2, 0) is 19.6 Å². The molecule has 1 unspecified atom stereocenters. The van der Waals surface area contributed by atoms with E-state index in [0.29, 0.717) is 16.4 Å². The lowest BCUT2D eigenvalue weighted by Gasteiger charge is -2.19. The fraction of sp³-hybridized carbons (Fsp3) is 0.278. The van der Waals surface area contributed by atoms with Crippen LogP contribution in [0, 0.1) is 16.0 Å². The van der Waals surface area contributed by atoms with Crippen LogP contribution in [0.2, 0.25) is 0 Å². The van der Waals surface area contributed by atoms with Crippen molar-refractivity contribution in [3.8, 4) is 0 Å². The number of hydrogen-bond acceptors (Lipinski definition) is 7. The van der Waals surface area contributed by atoms with E-state index in [1.54, 1.807) is 13.8 Å². The van der Waals surface area contributed by atoms with Crippen molar-refractivity contribution >= 4 is 43.6 Å². The first-order chi connectivity index (χ1) is 13.1. The molecule has 3 aromatic rings.